The van der Waals surface area contributed by atoms with Gasteiger partial charge in [-0.15, -0.1) is 0 Å². The van der Waals surface area contributed by atoms with Gasteiger partial charge in [0.25, 0.3) is 0 Å². The molecular formula is C14H17N3O. The first-order valence-electron chi connectivity index (χ1n) is 6.19. The van der Waals surface area contributed by atoms with E-state index in [4.69, 9.17) is 4.74 Å². The highest BCUT2D eigenvalue weighted by Crippen LogP contribution is 2.23. The number of benzene rings is 1. The summed E-state index contributed by atoms with van der Waals surface area (Å²) in [5, 5.41) is 3.30. The minimum absolute atomic E-state index is 0.582. The second kappa shape index (κ2) is 4.92. The lowest BCUT2D eigenvalue weighted by Gasteiger charge is -2.27. The molecule has 1 aromatic heterocycles. The topological polar surface area (TPSA) is 39.1 Å². The SMILES string of the molecule is COCc1cccc(-n2cncc2C2CNC2)c1. The highest BCUT2D eigenvalue weighted by molar-refractivity contribution is 5.38. The summed E-state index contributed by atoms with van der Waals surface area (Å²) in [6.45, 7) is 2.73. The Hall–Kier alpha value is -1.65. The molecule has 4 nitrogen and oxygen atoms in total. The molecule has 1 fully saturated rings. The summed E-state index contributed by atoms with van der Waals surface area (Å²) in [6.07, 6.45) is 3.86. The fourth-order valence-electron chi connectivity index (χ4n) is 2.28. The molecule has 0 spiro atoms. The molecule has 0 saturated carbocycles. The van der Waals surface area contributed by atoms with Gasteiger partial charge in [0.1, 0.15) is 0 Å². The predicted molar refractivity (Wildman–Crippen MR) is 69.9 cm³/mol. The Labute approximate surface area is 107 Å². The first-order valence-corrected chi connectivity index (χ1v) is 6.19. The second-order valence-electron chi connectivity index (χ2n) is 4.65. The van der Waals surface area contributed by atoms with Crippen LogP contribution in [0.25, 0.3) is 5.69 Å². The maximum absolute atomic E-state index is 5.18. The minimum Gasteiger partial charge on any atom is -0.380 e. The van der Waals surface area contributed by atoms with Crippen molar-refractivity contribution in [1.29, 1.82) is 0 Å². The molecule has 18 heavy (non-hydrogen) atoms. The molecule has 0 aliphatic carbocycles. The number of aromatic nitrogens is 2. The molecule has 3 rings (SSSR count). The number of methoxy groups -OCH3 is 1. The van der Waals surface area contributed by atoms with Gasteiger partial charge in [0.15, 0.2) is 0 Å². The first kappa shape index (κ1) is 11.4. The van der Waals surface area contributed by atoms with E-state index in [1.54, 1.807) is 7.11 Å². The van der Waals surface area contributed by atoms with Crippen molar-refractivity contribution in [2.75, 3.05) is 20.2 Å². The lowest BCUT2D eigenvalue weighted by molar-refractivity contribution is 0.185. The average Bonchev–Trinajstić information content (AvgIpc) is 2.76. The van der Waals surface area contributed by atoms with Crippen LogP contribution >= 0.6 is 0 Å². The summed E-state index contributed by atoms with van der Waals surface area (Å²) in [6, 6.07) is 8.40. The Morgan fingerprint density at radius 2 is 2.33 bits per heavy atom. The molecule has 2 heterocycles. The molecule has 2 aromatic rings. The number of hydrogen-bond acceptors (Lipinski definition) is 3. The van der Waals surface area contributed by atoms with Crippen molar-refractivity contribution in [3.63, 3.8) is 0 Å². The van der Waals surface area contributed by atoms with E-state index in [1.165, 1.54) is 11.3 Å². The third-order valence-corrected chi connectivity index (χ3v) is 3.37. The van der Waals surface area contributed by atoms with Crippen molar-refractivity contribution in [2.24, 2.45) is 0 Å². The molecule has 0 amide bonds. The Bertz CT molecular complexity index is 531. The highest BCUT2D eigenvalue weighted by atomic mass is 16.5. The Kier molecular flexibility index (Phi) is 3.13. The van der Waals surface area contributed by atoms with E-state index in [-0.39, 0.29) is 0 Å². The van der Waals surface area contributed by atoms with Crippen LogP contribution in [0, 0.1) is 0 Å². The van der Waals surface area contributed by atoms with Gasteiger partial charge in [-0.1, -0.05) is 12.1 Å². The Morgan fingerprint density at radius 1 is 1.44 bits per heavy atom. The smallest absolute Gasteiger partial charge is 0.0994 e. The molecule has 1 N–H and O–H groups in total. The molecule has 1 aliphatic rings. The van der Waals surface area contributed by atoms with E-state index in [1.807, 2.05) is 12.5 Å². The summed E-state index contributed by atoms with van der Waals surface area (Å²) in [5.74, 6) is 0.582. The highest BCUT2D eigenvalue weighted by Gasteiger charge is 2.22. The van der Waals surface area contributed by atoms with Gasteiger partial charge in [0.05, 0.1) is 12.9 Å². The number of ether oxygens (including phenoxy) is 1. The van der Waals surface area contributed by atoms with E-state index in [0.717, 1.165) is 18.8 Å². The van der Waals surface area contributed by atoms with Crippen molar-refractivity contribution >= 4 is 0 Å². The number of hydrogen-bond donors (Lipinski definition) is 1. The van der Waals surface area contributed by atoms with E-state index in [9.17, 15) is 0 Å². The van der Waals surface area contributed by atoms with Gasteiger partial charge in [-0.25, -0.2) is 4.98 Å². The fraction of sp³-hybridized carbons (Fsp3) is 0.357. The van der Waals surface area contributed by atoms with Gasteiger partial charge >= 0.3 is 0 Å². The van der Waals surface area contributed by atoms with Gasteiger partial charge in [-0.3, -0.25) is 0 Å². The van der Waals surface area contributed by atoms with E-state index < -0.39 is 0 Å². The van der Waals surface area contributed by atoms with Crippen LogP contribution in [0.1, 0.15) is 17.2 Å². The largest absolute Gasteiger partial charge is 0.380 e. The van der Waals surface area contributed by atoms with Crippen LogP contribution in [0.5, 0.6) is 0 Å². The molecule has 1 aromatic carbocycles. The zero-order chi connectivity index (χ0) is 12.4. The molecule has 0 bridgehead atoms. The van der Waals surface area contributed by atoms with Gasteiger partial charge in [-0.2, -0.15) is 0 Å². The quantitative estimate of drug-likeness (QED) is 0.888. The number of nitrogens with one attached hydrogen (secondary N) is 1. The number of nitrogens with zero attached hydrogens (tertiary/aromatic N) is 2. The Balaban J connectivity index is 1.93. The molecule has 0 radical (unpaired) electrons. The van der Waals surface area contributed by atoms with Crippen molar-refractivity contribution in [3.8, 4) is 5.69 Å². The summed E-state index contributed by atoms with van der Waals surface area (Å²) in [7, 11) is 1.72. The van der Waals surface area contributed by atoms with Crippen molar-refractivity contribution in [2.45, 2.75) is 12.5 Å². The van der Waals surface area contributed by atoms with Crippen LogP contribution in [-0.2, 0) is 11.3 Å². The van der Waals surface area contributed by atoms with Crippen LogP contribution in [0.3, 0.4) is 0 Å². The summed E-state index contributed by atoms with van der Waals surface area (Å²) in [5.41, 5.74) is 3.62. The summed E-state index contributed by atoms with van der Waals surface area (Å²) >= 11 is 0. The van der Waals surface area contributed by atoms with Gasteiger partial charge < -0.3 is 14.6 Å². The fourth-order valence-corrected chi connectivity index (χ4v) is 2.28. The van der Waals surface area contributed by atoms with Crippen molar-refractivity contribution < 1.29 is 4.74 Å². The Morgan fingerprint density at radius 3 is 3.06 bits per heavy atom. The molecule has 4 heteroatoms. The van der Waals surface area contributed by atoms with Crippen LogP contribution < -0.4 is 5.32 Å². The van der Waals surface area contributed by atoms with Gasteiger partial charge in [-0.05, 0) is 17.7 Å². The molecule has 0 atom stereocenters. The summed E-state index contributed by atoms with van der Waals surface area (Å²) in [4.78, 5) is 4.28. The zero-order valence-corrected chi connectivity index (χ0v) is 10.5. The maximum Gasteiger partial charge on any atom is 0.0994 e. The van der Waals surface area contributed by atoms with Crippen LogP contribution in [0.15, 0.2) is 36.8 Å². The lowest BCUT2D eigenvalue weighted by atomic mass is 9.99. The normalized spacial score (nSPS) is 15.6. The van der Waals surface area contributed by atoms with Crippen LogP contribution in [0.2, 0.25) is 0 Å². The first-order chi connectivity index (χ1) is 8.88. The van der Waals surface area contributed by atoms with Gasteiger partial charge in [0, 0.05) is 43.7 Å². The standard InChI is InChI=1S/C14H17N3O/c1-18-9-11-3-2-4-13(5-11)17-10-16-8-14(17)12-6-15-7-12/h2-5,8,10,12,15H,6-7,9H2,1H3. The molecule has 0 unspecified atom stereocenters. The number of rotatable bonds is 4. The van der Waals surface area contributed by atoms with E-state index in [2.05, 4.69) is 39.1 Å². The van der Waals surface area contributed by atoms with E-state index in [0.29, 0.717) is 12.5 Å². The van der Waals surface area contributed by atoms with Crippen LogP contribution in [0.4, 0.5) is 0 Å². The van der Waals surface area contributed by atoms with Crippen molar-refractivity contribution in [1.82, 2.24) is 14.9 Å². The second-order valence-corrected chi connectivity index (χ2v) is 4.65. The van der Waals surface area contributed by atoms with Crippen molar-refractivity contribution in [3.05, 3.63) is 48.0 Å². The molecule has 1 aliphatic heterocycles. The lowest BCUT2D eigenvalue weighted by Crippen LogP contribution is -2.40. The maximum atomic E-state index is 5.18. The monoisotopic (exact) mass is 243 g/mol. The number of imidazole rings is 1. The van der Waals surface area contributed by atoms with Crippen LogP contribution in [-0.4, -0.2) is 29.8 Å². The third kappa shape index (κ3) is 2.05. The third-order valence-electron chi connectivity index (χ3n) is 3.37. The average molecular weight is 243 g/mol. The molecular weight excluding hydrogens is 226 g/mol. The predicted octanol–water partition coefficient (Wildman–Crippen LogP) is 1.71. The minimum atomic E-state index is 0.582. The van der Waals surface area contributed by atoms with Gasteiger partial charge in [0.2, 0.25) is 0 Å². The molecule has 1 saturated heterocycles. The van der Waals surface area contributed by atoms with E-state index >= 15 is 0 Å². The summed E-state index contributed by atoms with van der Waals surface area (Å²) < 4.78 is 7.35. The zero-order valence-electron chi connectivity index (χ0n) is 10.5. The molecule has 94 valence electrons.